The van der Waals surface area contributed by atoms with E-state index in [9.17, 15) is 36.5 Å². The molecule has 0 saturated heterocycles. The lowest BCUT2D eigenvalue weighted by atomic mass is 10.1. The Morgan fingerprint density at radius 2 is 2.03 bits per heavy atom. The monoisotopic (exact) mass is 449 g/mol. The molecule has 1 aliphatic heterocycles. The van der Waals surface area contributed by atoms with E-state index in [1.54, 1.807) is 16.2 Å². The summed E-state index contributed by atoms with van der Waals surface area (Å²) in [5.74, 6) is -0.344. The largest absolute Gasteiger partial charge is 0.501 e. The number of fused-ring (bicyclic) bond motifs is 1. The van der Waals surface area contributed by atoms with Crippen molar-refractivity contribution in [3.8, 4) is 0 Å². The zero-order valence-electron chi connectivity index (χ0n) is 14.6. The minimum atomic E-state index is -5.73. The standard InChI is InChI=1S/C16H14F3N3O5S2/c17-16(18,19)29(26,27)11-1-2-12(13(7-11)22(24)25)20-8-15(23)21-5-3-14-10(9-21)4-6-28-14/h1-2,4,6-7,20H,3,5,8-9H2. The normalized spacial score (nSPS) is 14.4. The lowest BCUT2D eigenvalue weighted by Crippen LogP contribution is -2.38. The molecular formula is C16H14F3N3O5S2. The molecule has 0 aliphatic carbocycles. The fraction of sp³-hybridized carbons (Fsp3) is 0.312. The van der Waals surface area contributed by atoms with Crippen LogP contribution in [0.4, 0.5) is 24.5 Å². The Kier molecular flexibility index (Phi) is 5.54. The molecule has 1 aromatic carbocycles. The summed E-state index contributed by atoms with van der Waals surface area (Å²) in [6, 6.07) is 3.70. The molecule has 1 amide bonds. The summed E-state index contributed by atoms with van der Waals surface area (Å²) in [5.41, 5.74) is -5.68. The highest BCUT2D eigenvalue weighted by molar-refractivity contribution is 7.92. The van der Waals surface area contributed by atoms with Gasteiger partial charge in [0.05, 0.1) is 16.4 Å². The van der Waals surface area contributed by atoms with Gasteiger partial charge in [0.15, 0.2) is 0 Å². The first-order chi connectivity index (χ1) is 13.5. The van der Waals surface area contributed by atoms with E-state index < -0.39 is 30.9 Å². The highest BCUT2D eigenvalue weighted by atomic mass is 32.2. The number of nitro benzene ring substituents is 1. The van der Waals surface area contributed by atoms with Gasteiger partial charge in [0.2, 0.25) is 5.91 Å². The van der Waals surface area contributed by atoms with Crippen molar-refractivity contribution in [1.82, 2.24) is 4.90 Å². The van der Waals surface area contributed by atoms with Crippen LogP contribution in [0.2, 0.25) is 0 Å². The quantitative estimate of drug-likeness (QED) is 0.555. The molecular weight excluding hydrogens is 435 g/mol. The predicted octanol–water partition coefficient (Wildman–Crippen LogP) is 2.95. The van der Waals surface area contributed by atoms with Crippen LogP contribution in [-0.4, -0.2) is 42.7 Å². The van der Waals surface area contributed by atoms with Crippen LogP contribution in [0.5, 0.6) is 0 Å². The van der Waals surface area contributed by atoms with Crippen LogP contribution in [0.25, 0.3) is 0 Å². The molecule has 29 heavy (non-hydrogen) atoms. The number of sulfone groups is 1. The topological polar surface area (TPSA) is 110 Å². The lowest BCUT2D eigenvalue weighted by Gasteiger charge is -2.27. The molecule has 1 aromatic heterocycles. The summed E-state index contributed by atoms with van der Waals surface area (Å²) in [4.78, 5) is 24.1. The molecule has 0 atom stereocenters. The van der Waals surface area contributed by atoms with Crippen LogP contribution in [0.1, 0.15) is 10.4 Å². The number of halogens is 3. The number of anilines is 1. The van der Waals surface area contributed by atoms with Crippen molar-refractivity contribution in [2.45, 2.75) is 23.4 Å². The zero-order valence-corrected chi connectivity index (χ0v) is 16.2. The number of amides is 1. The number of nitrogens with one attached hydrogen (secondary N) is 1. The van der Waals surface area contributed by atoms with E-state index in [1.807, 2.05) is 11.4 Å². The van der Waals surface area contributed by atoms with Gasteiger partial charge >= 0.3 is 5.51 Å². The first-order valence-corrected chi connectivity index (χ1v) is 10.5. The summed E-state index contributed by atoms with van der Waals surface area (Å²) in [6.45, 7) is 0.564. The van der Waals surface area contributed by atoms with Crippen molar-refractivity contribution < 1.29 is 31.3 Å². The van der Waals surface area contributed by atoms with E-state index in [0.717, 1.165) is 11.6 Å². The molecule has 0 bridgehead atoms. The number of carbonyl (C=O) groups is 1. The Morgan fingerprint density at radius 1 is 1.31 bits per heavy atom. The minimum Gasteiger partial charge on any atom is -0.371 e. The second kappa shape index (κ2) is 7.63. The van der Waals surface area contributed by atoms with Crippen LogP contribution >= 0.6 is 11.3 Å². The van der Waals surface area contributed by atoms with Crippen molar-refractivity contribution in [1.29, 1.82) is 0 Å². The van der Waals surface area contributed by atoms with Crippen LogP contribution in [0, 0.1) is 10.1 Å². The van der Waals surface area contributed by atoms with Crippen LogP contribution in [0.15, 0.2) is 34.5 Å². The molecule has 2 heterocycles. The van der Waals surface area contributed by atoms with Crippen molar-refractivity contribution in [2.24, 2.45) is 0 Å². The summed E-state index contributed by atoms with van der Waals surface area (Å²) in [5, 5.41) is 15.6. The van der Waals surface area contributed by atoms with E-state index in [1.165, 1.54) is 4.88 Å². The highest BCUT2D eigenvalue weighted by Gasteiger charge is 2.47. The van der Waals surface area contributed by atoms with Gasteiger partial charge in [0.1, 0.15) is 5.69 Å². The lowest BCUT2D eigenvalue weighted by molar-refractivity contribution is -0.384. The SMILES string of the molecule is O=C(CNc1ccc(S(=O)(=O)C(F)(F)F)cc1[N+](=O)[O-])N1CCc2sccc2C1. The molecule has 0 saturated carbocycles. The molecule has 156 valence electrons. The van der Waals surface area contributed by atoms with Crippen molar-refractivity contribution >= 4 is 38.5 Å². The smallest absolute Gasteiger partial charge is 0.371 e. The van der Waals surface area contributed by atoms with Crippen molar-refractivity contribution in [2.75, 3.05) is 18.4 Å². The predicted molar refractivity (Wildman–Crippen MR) is 98.3 cm³/mol. The van der Waals surface area contributed by atoms with Gasteiger partial charge in [-0.15, -0.1) is 11.3 Å². The third-order valence-corrected chi connectivity index (χ3v) is 6.88. The Morgan fingerprint density at radius 3 is 2.69 bits per heavy atom. The highest BCUT2D eigenvalue weighted by Crippen LogP contribution is 2.34. The fourth-order valence-electron chi connectivity index (χ4n) is 2.86. The second-order valence-electron chi connectivity index (χ2n) is 6.17. The second-order valence-corrected chi connectivity index (χ2v) is 9.11. The van der Waals surface area contributed by atoms with Crippen LogP contribution < -0.4 is 5.32 Å². The van der Waals surface area contributed by atoms with Gasteiger partial charge in [0.25, 0.3) is 15.5 Å². The number of benzene rings is 1. The number of alkyl halides is 3. The van der Waals surface area contributed by atoms with E-state index in [-0.39, 0.29) is 18.1 Å². The molecule has 13 heteroatoms. The van der Waals surface area contributed by atoms with Gasteiger partial charge < -0.3 is 10.2 Å². The molecule has 8 nitrogen and oxygen atoms in total. The Bertz CT molecular complexity index is 1070. The Hall–Kier alpha value is -2.67. The zero-order chi connectivity index (χ0) is 21.4. The maximum absolute atomic E-state index is 12.7. The van der Waals surface area contributed by atoms with E-state index >= 15 is 0 Å². The van der Waals surface area contributed by atoms with Gasteiger partial charge in [-0.3, -0.25) is 14.9 Å². The van der Waals surface area contributed by atoms with Gasteiger partial charge in [-0.1, -0.05) is 0 Å². The fourth-order valence-corrected chi connectivity index (χ4v) is 4.53. The Balaban J connectivity index is 1.76. The number of rotatable bonds is 5. The minimum absolute atomic E-state index is 0.252. The van der Waals surface area contributed by atoms with Gasteiger partial charge in [-0.2, -0.15) is 13.2 Å². The molecule has 0 fully saturated rings. The van der Waals surface area contributed by atoms with E-state index in [0.29, 0.717) is 31.6 Å². The van der Waals surface area contributed by atoms with Gasteiger partial charge in [-0.25, -0.2) is 8.42 Å². The summed E-state index contributed by atoms with van der Waals surface area (Å²) in [6.07, 6.45) is 0.697. The molecule has 2 aromatic rings. The van der Waals surface area contributed by atoms with E-state index in [4.69, 9.17) is 0 Å². The Labute approximate surface area is 167 Å². The first-order valence-electron chi connectivity index (χ1n) is 8.17. The third-order valence-electron chi connectivity index (χ3n) is 4.37. The average molecular weight is 449 g/mol. The maximum atomic E-state index is 12.7. The average Bonchev–Trinajstić information content (AvgIpc) is 3.12. The maximum Gasteiger partial charge on any atom is 0.501 e. The molecule has 1 N–H and O–H groups in total. The molecule has 0 unspecified atom stereocenters. The number of nitro groups is 1. The first kappa shape index (κ1) is 21.0. The number of thiophene rings is 1. The molecule has 1 aliphatic rings. The molecule has 0 spiro atoms. The molecule has 0 radical (unpaired) electrons. The van der Waals surface area contributed by atoms with E-state index in [2.05, 4.69) is 5.32 Å². The summed E-state index contributed by atoms with van der Waals surface area (Å²) in [7, 11) is -5.73. The third kappa shape index (κ3) is 4.19. The molecule has 3 rings (SSSR count). The van der Waals surface area contributed by atoms with Crippen LogP contribution in [-0.2, 0) is 27.6 Å². The van der Waals surface area contributed by atoms with Crippen LogP contribution in [0.3, 0.4) is 0 Å². The van der Waals surface area contributed by atoms with Crippen molar-refractivity contribution in [3.63, 3.8) is 0 Å². The number of hydrogen-bond acceptors (Lipinski definition) is 7. The number of carbonyl (C=O) groups excluding carboxylic acids is 1. The number of hydrogen-bond donors (Lipinski definition) is 1. The summed E-state index contributed by atoms with van der Waals surface area (Å²) < 4.78 is 60.9. The number of nitrogens with zero attached hydrogens (tertiary/aromatic N) is 2. The van der Waals surface area contributed by atoms with Gasteiger partial charge in [-0.05, 0) is 35.6 Å². The van der Waals surface area contributed by atoms with Crippen molar-refractivity contribution in [3.05, 3.63) is 50.2 Å². The van der Waals surface area contributed by atoms with Gasteiger partial charge in [0, 0.05) is 24.0 Å². The summed E-state index contributed by atoms with van der Waals surface area (Å²) >= 11 is 1.60.